The minimum atomic E-state index is -0.238. The molecule has 0 spiro atoms. The Bertz CT molecular complexity index is 325. The predicted octanol–water partition coefficient (Wildman–Crippen LogP) is 3.79. The van der Waals surface area contributed by atoms with Gasteiger partial charge in [0.25, 0.3) is 0 Å². The van der Waals surface area contributed by atoms with E-state index in [4.69, 9.17) is 11.6 Å². The molecule has 1 N–H and O–H groups in total. The molecule has 1 unspecified atom stereocenters. The summed E-state index contributed by atoms with van der Waals surface area (Å²) in [5.41, 5.74) is 0.841. The van der Waals surface area contributed by atoms with Gasteiger partial charge in [-0.05, 0) is 36.2 Å². The Labute approximate surface area is 95.6 Å². The van der Waals surface area contributed by atoms with Crippen molar-refractivity contribution in [2.45, 2.75) is 26.8 Å². The van der Waals surface area contributed by atoms with Crippen molar-refractivity contribution >= 4 is 11.6 Å². The minimum Gasteiger partial charge on any atom is -0.310 e. The van der Waals surface area contributed by atoms with Crippen LogP contribution in [0.3, 0.4) is 0 Å². The third-order valence-electron chi connectivity index (χ3n) is 2.38. The summed E-state index contributed by atoms with van der Waals surface area (Å²) in [6.07, 6.45) is 0. The van der Waals surface area contributed by atoms with Crippen LogP contribution in [0.2, 0.25) is 5.02 Å². The summed E-state index contributed by atoms with van der Waals surface area (Å²) in [5.74, 6) is 0.141. The zero-order chi connectivity index (χ0) is 11.4. The highest BCUT2D eigenvalue weighted by Gasteiger charge is 2.17. The van der Waals surface area contributed by atoms with Crippen LogP contribution in [-0.4, -0.2) is 6.54 Å². The first kappa shape index (κ1) is 12.5. The highest BCUT2D eigenvalue weighted by molar-refractivity contribution is 6.31. The van der Waals surface area contributed by atoms with E-state index in [-0.39, 0.29) is 11.9 Å². The molecule has 0 saturated heterocycles. The maximum atomic E-state index is 13.1. The van der Waals surface area contributed by atoms with Gasteiger partial charge in [0.15, 0.2) is 0 Å². The molecule has 0 amide bonds. The molecule has 1 aromatic carbocycles. The summed E-state index contributed by atoms with van der Waals surface area (Å²) in [4.78, 5) is 0. The van der Waals surface area contributed by atoms with E-state index in [1.807, 2.05) is 6.92 Å². The minimum absolute atomic E-state index is 0.109. The van der Waals surface area contributed by atoms with E-state index in [1.54, 1.807) is 6.07 Å². The van der Waals surface area contributed by atoms with Gasteiger partial charge in [-0.15, -0.1) is 0 Å². The molecule has 1 aromatic rings. The van der Waals surface area contributed by atoms with Crippen molar-refractivity contribution in [2.24, 2.45) is 5.92 Å². The molecule has 1 atom stereocenters. The van der Waals surface area contributed by atoms with E-state index in [9.17, 15) is 4.39 Å². The van der Waals surface area contributed by atoms with Crippen molar-refractivity contribution in [3.05, 3.63) is 34.6 Å². The average Bonchev–Trinajstić information content (AvgIpc) is 2.18. The average molecular weight is 230 g/mol. The number of nitrogens with one attached hydrogen (secondary N) is 1. The number of rotatable bonds is 4. The van der Waals surface area contributed by atoms with Crippen molar-refractivity contribution in [3.63, 3.8) is 0 Å². The fourth-order valence-electron chi connectivity index (χ4n) is 1.68. The molecule has 0 saturated carbocycles. The van der Waals surface area contributed by atoms with Crippen LogP contribution in [0, 0.1) is 11.7 Å². The van der Waals surface area contributed by atoms with E-state index in [2.05, 4.69) is 19.2 Å². The summed E-state index contributed by atoms with van der Waals surface area (Å²) in [5, 5.41) is 3.94. The highest BCUT2D eigenvalue weighted by Crippen LogP contribution is 2.28. The van der Waals surface area contributed by atoms with Crippen molar-refractivity contribution < 1.29 is 4.39 Å². The molecule has 0 radical (unpaired) electrons. The summed E-state index contributed by atoms with van der Waals surface area (Å²) in [7, 11) is 0. The van der Waals surface area contributed by atoms with Crippen LogP contribution in [0.4, 0.5) is 4.39 Å². The van der Waals surface area contributed by atoms with Crippen molar-refractivity contribution in [1.82, 2.24) is 5.32 Å². The zero-order valence-corrected chi connectivity index (χ0v) is 10.1. The third kappa shape index (κ3) is 3.18. The molecule has 0 aliphatic heterocycles. The second kappa shape index (κ2) is 5.47. The van der Waals surface area contributed by atoms with Crippen molar-refractivity contribution in [1.29, 1.82) is 0 Å². The first-order valence-corrected chi connectivity index (χ1v) is 5.62. The van der Waals surface area contributed by atoms with Crippen LogP contribution in [-0.2, 0) is 0 Å². The maximum Gasteiger partial charge on any atom is 0.123 e. The number of benzene rings is 1. The second-order valence-corrected chi connectivity index (χ2v) is 4.35. The smallest absolute Gasteiger partial charge is 0.123 e. The fourth-order valence-corrected chi connectivity index (χ4v) is 1.91. The lowest BCUT2D eigenvalue weighted by Crippen LogP contribution is -2.25. The Morgan fingerprint density at radius 3 is 2.60 bits per heavy atom. The van der Waals surface area contributed by atoms with Gasteiger partial charge >= 0.3 is 0 Å². The standard InChI is InChI=1S/C12H17ClFN/c1-4-15-12(8(2)3)10-7-9(14)5-6-11(10)13/h5-8,12,15H,4H2,1-3H3. The van der Waals surface area contributed by atoms with Crippen LogP contribution in [0.5, 0.6) is 0 Å². The van der Waals surface area contributed by atoms with Gasteiger partial charge in [-0.2, -0.15) is 0 Å². The molecule has 15 heavy (non-hydrogen) atoms. The Balaban J connectivity index is 3.04. The Morgan fingerprint density at radius 2 is 2.07 bits per heavy atom. The van der Waals surface area contributed by atoms with Gasteiger partial charge in [0.1, 0.15) is 5.82 Å². The van der Waals surface area contributed by atoms with Crippen LogP contribution in [0.1, 0.15) is 32.4 Å². The largest absolute Gasteiger partial charge is 0.310 e. The fraction of sp³-hybridized carbons (Fsp3) is 0.500. The third-order valence-corrected chi connectivity index (χ3v) is 2.73. The molecule has 0 bridgehead atoms. The second-order valence-electron chi connectivity index (χ2n) is 3.95. The van der Waals surface area contributed by atoms with Gasteiger partial charge in [0.2, 0.25) is 0 Å². The summed E-state index contributed by atoms with van der Waals surface area (Å²) in [6.45, 7) is 7.06. The molecule has 1 rings (SSSR count). The topological polar surface area (TPSA) is 12.0 Å². The summed E-state index contributed by atoms with van der Waals surface area (Å²) >= 11 is 6.06. The van der Waals surface area contributed by atoms with Gasteiger partial charge < -0.3 is 5.32 Å². The van der Waals surface area contributed by atoms with Gasteiger partial charge in [0.05, 0.1) is 0 Å². The molecule has 0 fully saturated rings. The van der Waals surface area contributed by atoms with E-state index >= 15 is 0 Å². The van der Waals surface area contributed by atoms with Crippen LogP contribution >= 0.6 is 11.6 Å². The number of hydrogen-bond donors (Lipinski definition) is 1. The van der Waals surface area contributed by atoms with Crippen LogP contribution in [0.25, 0.3) is 0 Å². The molecule has 0 aliphatic carbocycles. The van der Waals surface area contributed by atoms with Gasteiger partial charge in [-0.25, -0.2) is 4.39 Å². The quantitative estimate of drug-likeness (QED) is 0.829. The van der Waals surface area contributed by atoms with E-state index in [0.717, 1.165) is 12.1 Å². The van der Waals surface area contributed by atoms with Gasteiger partial charge in [0, 0.05) is 11.1 Å². The Hall–Kier alpha value is -0.600. The van der Waals surface area contributed by atoms with Crippen LogP contribution in [0.15, 0.2) is 18.2 Å². The van der Waals surface area contributed by atoms with E-state index in [0.29, 0.717) is 10.9 Å². The molecule has 3 heteroatoms. The Kier molecular flexibility index (Phi) is 4.55. The lowest BCUT2D eigenvalue weighted by Gasteiger charge is -2.23. The predicted molar refractivity (Wildman–Crippen MR) is 62.7 cm³/mol. The zero-order valence-electron chi connectivity index (χ0n) is 9.35. The molecule has 0 aliphatic rings. The van der Waals surface area contributed by atoms with Crippen molar-refractivity contribution in [2.75, 3.05) is 6.54 Å². The first-order valence-electron chi connectivity index (χ1n) is 5.24. The maximum absolute atomic E-state index is 13.1. The van der Waals surface area contributed by atoms with E-state index in [1.165, 1.54) is 12.1 Å². The van der Waals surface area contributed by atoms with Crippen molar-refractivity contribution in [3.8, 4) is 0 Å². The monoisotopic (exact) mass is 229 g/mol. The first-order chi connectivity index (χ1) is 7.06. The molecular formula is C12H17ClFN. The molecule has 0 heterocycles. The van der Waals surface area contributed by atoms with Gasteiger partial charge in [-0.3, -0.25) is 0 Å². The number of hydrogen-bond acceptors (Lipinski definition) is 1. The normalized spacial score (nSPS) is 13.2. The molecule has 1 nitrogen and oxygen atoms in total. The SMILES string of the molecule is CCNC(c1cc(F)ccc1Cl)C(C)C. The molecule has 84 valence electrons. The number of halogens is 2. The highest BCUT2D eigenvalue weighted by atomic mass is 35.5. The molecular weight excluding hydrogens is 213 g/mol. The molecule has 0 aromatic heterocycles. The summed E-state index contributed by atoms with van der Waals surface area (Å²) < 4.78 is 13.1. The van der Waals surface area contributed by atoms with Gasteiger partial charge in [-0.1, -0.05) is 32.4 Å². The summed E-state index contributed by atoms with van der Waals surface area (Å²) in [6, 6.07) is 4.61. The van der Waals surface area contributed by atoms with E-state index < -0.39 is 0 Å². The Morgan fingerprint density at radius 1 is 1.40 bits per heavy atom. The lowest BCUT2D eigenvalue weighted by molar-refractivity contribution is 0.420. The van der Waals surface area contributed by atoms with Crippen LogP contribution < -0.4 is 5.32 Å². The lowest BCUT2D eigenvalue weighted by atomic mass is 9.96.